The second kappa shape index (κ2) is 7.31. The Balaban J connectivity index is 1.89. The van der Waals surface area contributed by atoms with Crippen molar-refractivity contribution in [3.8, 4) is 0 Å². The van der Waals surface area contributed by atoms with Crippen LogP contribution in [0.1, 0.15) is 32.1 Å². The summed E-state index contributed by atoms with van der Waals surface area (Å²) in [6.07, 6.45) is 2.45. The predicted octanol–water partition coefficient (Wildman–Crippen LogP) is 1.65. The van der Waals surface area contributed by atoms with Crippen molar-refractivity contribution in [1.82, 2.24) is 10.2 Å². The lowest BCUT2D eigenvalue weighted by Crippen LogP contribution is -2.55. The molecule has 2 aliphatic rings. The number of methoxy groups -OCH3 is 1. The number of hydrogen-bond acceptors (Lipinski definition) is 4. The van der Waals surface area contributed by atoms with Crippen LogP contribution >= 0.6 is 0 Å². The molecule has 6 heteroatoms. The average Bonchev–Trinajstić information content (AvgIpc) is 2.34. The van der Waals surface area contributed by atoms with Gasteiger partial charge in [-0.15, -0.1) is 0 Å². The van der Waals surface area contributed by atoms with Crippen molar-refractivity contribution in [2.75, 3.05) is 26.7 Å². The maximum absolute atomic E-state index is 12.3. The molecule has 2 atom stereocenters. The SMILES string of the molecule is COC(=O)CC1CC(NCC(F)F)CN(C2CCC2)C1. The van der Waals surface area contributed by atoms with Crippen LogP contribution in [0.4, 0.5) is 8.78 Å². The second-order valence-electron chi connectivity index (χ2n) is 5.92. The summed E-state index contributed by atoms with van der Waals surface area (Å²) < 4.78 is 29.4. The normalized spacial score (nSPS) is 28.4. The molecule has 2 rings (SSSR count). The van der Waals surface area contributed by atoms with Gasteiger partial charge in [-0.2, -0.15) is 0 Å². The lowest BCUT2D eigenvalue weighted by Gasteiger charge is -2.45. The largest absolute Gasteiger partial charge is 0.469 e. The van der Waals surface area contributed by atoms with E-state index in [4.69, 9.17) is 4.74 Å². The van der Waals surface area contributed by atoms with Crippen molar-refractivity contribution < 1.29 is 18.3 Å². The van der Waals surface area contributed by atoms with Crippen LogP contribution in [0.25, 0.3) is 0 Å². The topological polar surface area (TPSA) is 41.6 Å². The molecule has 0 aromatic rings. The lowest BCUT2D eigenvalue weighted by atomic mass is 9.85. The van der Waals surface area contributed by atoms with Crippen LogP contribution in [0.2, 0.25) is 0 Å². The first-order chi connectivity index (χ1) is 9.58. The number of piperidine rings is 1. The molecule has 0 radical (unpaired) electrons. The molecule has 1 heterocycles. The van der Waals surface area contributed by atoms with Gasteiger partial charge < -0.3 is 10.1 Å². The van der Waals surface area contributed by atoms with E-state index in [2.05, 4.69) is 10.2 Å². The number of likely N-dealkylation sites (tertiary alicyclic amines) is 1. The summed E-state index contributed by atoms with van der Waals surface area (Å²) in [5, 5.41) is 2.93. The minimum Gasteiger partial charge on any atom is -0.469 e. The molecule has 0 amide bonds. The minimum atomic E-state index is -2.33. The third kappa shape index (κ3) is 4.38. The molecule has 116 valence electrons. The van der Waals surface area contributed by atoms with Gasteiger partial charge in [-0.25, -0.2) is 8.78 Å². The summed E-state index contributed by atoms with van der Waals surface area (Å²) in [5.74, 6) is -0.00922. The van der Waals surface area contributed by atoms with E-state index in [0.717, 1.165) is 19.5 Å². The number of carbonyl (C=O) groups excluding carboxylic acids is 1. The molecule has 1 N–H and O–H groups in total. The molecule has 2 fully saturated rings. The number of carbonyl (C=O) groups is 1. The minimum absolute atomic E-state index is 0.0491. The second-order valence-corrected chi connectivity index (χ2v) is 5.92. The van der Waals surface area contributed by atoms with Gasteiger partial charge in [-0.1, -0.05) is 6.42 Å². The zero-order chi connectivity index (χ0) is 14.5. The van der Waals surface area contributed by atoms with Gasteiger partial charge in [0.15, 0.2) is 0 Å². The Hall–Kier alpha value is -0.750. The third-order valence-electron chi connectivity index (χ3n) is 4.40. The van der Waals surface area contributed by atoms with Crippen molar-refractivity contribution >= 4 is 5.97 Å². The Bertz CT molecular complexity index is 324. The monoisotopic (exact) mass is 290 g/mol. The van der Waals surface area contributed by atoms with Crippen LogP contribution in [-0.4, -0.2) is 56.1 Å². The molecule has 0 bridgehead atoms. The fourth-order valence-corrected chi connectivity index (χ4v) is 3.16. The number of hydrogen-bond donors (Lipinski definition) is 1. The summed E-state index contributed by atoms with van der Waals surface area (Å²) in [7, 11) is 1.39. The molecule has 1 saturated carbocycles. The smallest absolute Gasteiger partial charge is 0.305 e. The maximum Gasteiger partial charge on any atom is 0.305 e. The van der Waals surface area contributed by atoms with Gasteiger partial charge >= 0.3 is 5.97 Å². The highest BCUT2D eigenvalue weighted by atomic mass is 19.3. The Kier molecular flexibility index (Phi) is 5.72. The van der Waals surface area contributed by atoms with E-state index in [0.29, 0.717) is 12.5 Å². The van der Waals surface area contributed by atoms with Gasteiger partial charge in [-0.3, -0.25) is 9.69 Å². The molecular formula is C14H24F2N2O2. The molecule has 0 aromatic carbocycles. The van der Waals surface area contributed by atoms with Crippen molar-refractivity contribution in [3.05, 3.63) is 0 Å². The molecule has 1 aliphatic heterocycles. The Morgan fingerprint density at radius 1 is 1.40 bits per heavy atom. The van der Waals surface area contributed by atoms with Crippen LogP contribution in [0, 0.1) is 5.92 Å². The number of alkyl halides is 2. The molecule has 1 aliphatic carbocycles. The highest BCUT2D eigenvalue weighted by molar-refractivity contribution is 5.69. The Labute approximate surface area is 118 Å². The summed E-state index contributed by atoms with van der Waals surface area (Å²) in [5.41, 5.74) is 0. The van der Waals surface area contributed by atoms with Crippen molar-refractivity contribution in [2.45, 2.75) is 50.6 Å². The first kappa shape index (κ1) is 15.6. The van der Waals surface area contributed by atoms with Crippen LogP contribution in [0.5, 0.6) is 0 Å². The van der Waals surface area contributed by atoms with Crippen LogP contribution in [-0.2, 0) is 9.53 Å². The number of nitrogens with zero attached hydrogens (tertiary/aromatic N) is 1. The molecule has 0 spiro atoms. The van der Waals surface area contributed by atoms with Crippen LogP contribution in [0.3, 0.4) is 0 Å². The predicted molar refractivity (Wildman–Crippen MR) is 71.7 cm³/mol. The Morgan fingerprint density at radius 2 is 2.15 bits per heavy atom. The number of rotatable bonds is 6. The van der Waals surface area contributed by atoms with E-state index < -0.39 is 6.43 Å². The fraction of sp³-hybridized carbons (Fsp3) is 0.929. The van der Waals surface area contributed by atoms with Gasteiger partial charge in [0.2, 0.25) is 0 Å². The highest BCUT2D eigenvalue weighted by Crippen LogP contribution is 2.30. The standard InChI is InChI=1S/C14H24F2N2O2/c1-20-14(19)6-10-5-11(17-7-13(15)16)9-18(8-10)12-3-2-4-12/h10-13,17H,2-9H2,1H3. The molecule has 2 unspecified atom stereocenters. The quantitative estimate of drug-likeness (QED) is 0.755. The molecule has 1 saturated heterocycles. The van der Waals surface area contributed by atoms with E-state index >= 15 is 0 Å². The molecule has 0 aromatic heterocycles. The zero-order valence-corrected chi connectivity index (χ0v) is 12.0. The number of esters is 1. The van der Waals surface area contributed by atoms with Crippen LogP contribution in [0.15, 0.2) is 0 Å². The van der Waals surface area contributed by atoms with Gasteiger partial charge in [-0.05, 0) is 25.2 Å². The number of ether oxygens (including phenoxy) is 1. The highest BCUT2D eigenvalue weighted by Gasteiger charge is 2.34. The van der Waals surface area contributed by atoms with Crippen LogP contribution < -0.4 is 5.32 Å². The zero-order valence-electron chi connectivity index (χ0n) is 12.0. The fourth-order valence-electron chi connectivity index (χ4n) is 3.16. The maximum atomic E-state index is 12.3. The molecular weight excluding hydrogens is 266 g/mol. The van der Waals surface area contributed by atoms with Gasteiger partial charge in [0.25, 0.3) is 6.43 Å². The van der Waals surface area contributed by atoms with Crippen molar-refractivity contribution in [2.24, 2.45) is 5.92 Å². The first-order valence-electron chi connectivity index (χ1n) is 7.41. The summed E-state index contributed by atoms with van der Waals surface area (Å²) >= 11 is 0. The summed E-state index contributed by atoms with van der Waals surface area (Å²) in [6.45, 7) is 1.43. The molecule has 4 nitrogen and oxygen atoms in total. The lowest BCUT2D eigenvalue weighted by molar-refractivity contribution is -0.142. The van der Waals surface area contributed by atoms with E-state index in [1.165, 1.54) is 26.4 Å². The van der Waals surface area contributed by atoms with E-state index in [1.54, 1.807) is 0 Å². The van der Waals surface area contributed by atoms with Crippen molar-refractivity contribution in [3.63, 3.8) is 0 Å². The van der Waals surface area contributed by atoms with E-state index in [9.17, 15) is 13.6 Å². The van der Waals surface area contributed by atoms with Gasteiger partial charge in [0, 0.05) is 31.6 Å². The van der Waals surface area contributed by atoms with E-state index in [1.807, 2.05) is 0 Å². The first-order valence-corrected chi connectivity index (χ1v) is 7.41. The molecule has 20 heavy (non-hydrogen) atoms. The van der Waals surface area contributed by atoms with Gasteiger partial charge in [0.05, 0.1) is 13.7 Å². The number of halogens is 2. The summed E-state index contributed by atoms with van der Waals surface area (Å²) in [4.78, 5) is 13.8. The van der Waals surface area contributed by atoms with Crippen molar-refractivity contribution in [1.29, 1.82) is 0 Å². The third-order valence-corrected chi connectivity index (χ3v) is 4.40. The Morgan fingerprint density at radius 3 is 2.70 bits per heavy atom. The van der Waals surface area contributed by atoms with Gasteiger partial charge in [0.1, 0.15) is 0 Å². The summed E-state index contributed by atoms with van der Waals surface area (Å²) in [6, 6.07) is 0.624. The van der Waals surface area contributed by atoms with E-state index in [-0.39, 0.29) is 24.5 Å². The average molecular weight is 290 g/mol. The number of nitrogens with one attached hydrogen (secondary N) is 1.